The molecule has 144 valence electrons. The number of ether oxygens (including phenoxy) is 2. The molecular weight excluding hydrogens is 354 g/mol. The van der Waals surface area contributed by atoms with Gasteiger partial charge < -0.3 is 19.5 Å². The second-order valence-corrected chi connectivity index (χ2v) is 7.78. The number of methoxy groups -OCH3 is 1. The summed E-state index contributed by atoms with van der Waals surface area (Å²) in [7, 11) is 1.64. The molecule has 0 bridgehead atoms. The minimum absolute atomic E-state index is 0.0406. The molecule has 0 aromatic heterocycles. The normalized spacial score (nSPS) is 27.4. The predicted molar refractivity (Wildman–Crippen MR) is 105 cm³/mol. The van der Waals surface area contributed by atoms with Crippen LogP contribution >= 0.6 is 0 Å². The summed E-state index contributed by atoms with van der Waals surface area (Å²) in [5.41, 5.74) is 2.57. The number of hydrogen-bond donors (Lipinski definition) is 1. The number of benzene rings is 2. The van der Waals surface area contributed by atoms with Crippen LogP contribution in [0.2, 0.25) is 0 Å². The third-order valence-corrected chi connectivity index (χ3v) is 6.26. The first kappa shape index (κ1) is 17.3. The van der Waals surface area contributed by atoms with Gasteiger partial charge in [-0.2, -0.15) is 0 Å². The summed E-state index contributed by atoms with van der Waals surface area (Å²) < 4.78 is 11.9. The van der Waals surface area contributed by atoms with Gasteiger partial charge in [0.25, 0.3) is 5.91 Å². The monoisotopic (exact) mass is 377 g/mol. The first-order chi connectivity index (χ1) is 13.6. The van der Waals surface area contributed by atoms with Crippen LogP contribution in [0.1, 0.15) is 34.3 Å². The molecular formula is C23H23NO4. The number of amides is 1. The fourth-order valence-corrected chi connectivity index (χ4v) is 4.87. The van der Waals surface area contributed by atoms with E-state index in [0.29, 0.717) is 30.8 Å². The zero-order valence-corrected chi connectivity index (χ0v) is 15.8. The maximum Gasteiger partial charge on any atom is 0.254 e. The second kappa shape index (κ2) is 6.38. The Bertz CT molecular complexity index is 955. The van der Waals surface area contributed by atoms with Gasteiger partial charge in [-0.05, 0) is 30.2 Å². The molecule has 0 saturated carbocycles. The van der Waals surface area contributed by atoms with Crippen molar-refractivity contribution in [2.45, 2.75) is 37.0 Å². The lowest BCUT2D eigenvalue weighted by Crippen LogP contribution is -2.43. The molecule has 0 fully saturated rings. The Balaban J connectivity index is 1.60. The van der Waals surface area contributed by atoms with Crippen LogP contribution < -0.4 is 9.47 Å². The van der Waals surface area contributed by atoms with Crippen molar-refractivity contribution in [3.63, 3.8) is 0 Å². The maximum atomic E-state index is 13.1. The van der Waals surface area contributed by atoms with Gasteiger partial charge in [0.1, 0.15) is 6.10 Å². The highest BCUT2D eigenvalue weighted by Gasteiger charge is 2.53. The quantitative estimate of drug-likeness (QED) is 0.818. The van der Waals surface area contributed by atoms with E-state index in [-0.39, 0.29) is 17.4 Å². The molecule has 28 heavy (non-hydrogen) atoms. The molecule has 5 nitrogen and oxygen atoms in total. The molecule has 2 aromatic rings. The predicted octanol–water partition coefficient (Wildman–Crippen LogP) is 3.06. The average Bonchev–Trinajstić information content (AvgIpc) is 2.96. The Morgan fingerprint density at radius 1 is 1.25 bits per heavy atom. The van der Waals surface area contributed by atoms with Gasteiger partial charge >= 0.3 is 0 Å². The van der Waals surface area contributed by atoms with Gasteiger partial charge in [-0.1, -0.05) is 36.4 Å². The van der Waals surface area contributed by atoms with E-state index >= 15 is 0 Å². The first-order valence-corrected chi connectivity index (χ1v) is 9.71. The minimum atomic E-state index is -0.510. The van der Waals surface area contributed by atoms with Crippen molar-refractivity contribution in [1.82, 2.24) is 4.90 Å². The molecule has 2 heterocycles. The Kier molecular flexibility index (Phi) is 3.95. The van der Waals surface area contributed by atoms with Gasteiger partial charge in [0.05, 0.1) is 18.6 Å². The smallest absolute Gasteiger partial charge is 0.254 e. The van der Waals surface area contributed by atoms with Crippen molar-refractivity contribution >= 4 is 5.91 Å². The van der Waals surface area contributed by atoms with Crippen LogP contribution in [0, 0.1) is 0 Å². The summed E-state index contributed by atoms with van der Waals surface area (Å²) >= 11 is 0. The summed E-state index contributed by atoms with van der Waals surface area (Å²) in [5, 5.41) is 10.2. The van der Waals surface area contributed by atoms with E-state index < -0.39 is 6.10 Å². The molecule has 1 spiro atoms. The highest BCUT2D eigenvalue weighted by molar-refractivity contribution is 5.94. The molecule has 2 aromatic carbocycles. The van der Waals surface area contributed by atoms with Crippen molar-refractivity contribution in [2.75, 3.05) is 13.7 Å². The number of rotatable bonds is 2. The lowest BCUT2D eigenvalue weighted by atomic mass is 9.69. The van der Waals surface area contributed by atoms with E-state index in [1.807, 2.05) is 53.4 Å². The van der Waals surface area contributed by atoms with Gasteiger partial charge in [-0.3, -0.25) is 4.79 Å². The van der Waals surface area contributed by atoms with Crippen molar-refractivity contribution < 1.29 is 19.4 Å². The zero-order chi connectivity index (χ0) is 19.3. The highest BCUT2D eigenvalue weighted by Crippen LogP contribution is 2.55. The summed E-state index contributed by atoms with van der Waals surface area (Å²) in [6.07, 6.45) is 4.60. The maximum absolute atomic E-state index is 13.1. The third kappa shape index (κ3) is 2.46. The van der Waals surface area contributed by atoms with Crippen LogP contribution in [0.15, 0.2) is 54.6 Å². The van der Waals surface area contributed by atoms with E-state index in [0.717, 1.165) is 23.3 Å². The molecule has 3 atom stereocenters. The lowest BCUT2D eigenvalue weighted by Gasteiger charge is -2.35. The van der Waals surface area contributed by atoms with E-state index in [1.54, 1.807) is 7.11 Å². The van der Waals surface area contributed by atoms with Crippen molar-refractivity contribution in [3.8, 4) is 11.5 Å². The molecule has 1 amide bonds. The number of aliphatic hydroxyl groups excluding tert-OH is 1. The van der Waals surface area contributed by atoms with Gasteiger partial charge in [0, 0.05) is 30.6 Å². The van der Waals surface area contributed by atoms with Crippen molar-refractivity contribution in [2.24, 2.45) is 0 Å². The number of aliphatic hydroxyl groups is 1. The van der Waals surface area contributed by atoms with Crippen molar-refractivity contribution in [1.29, 1.82) is 0 Å². The van der Waals surface area contributed by atoms with Crippen LogP contribution in [-0.4, -0.2) is 41.8 Å². The molecule has 0 saturated heterocycles. The Hall–Kier alpha value is -2.79. The van der Waals surface area contributed by atoms with E-state index in [4.69, 9.17) is 9.47 Å². The largest absolute Gasteiger partial charge is 0.493 e. The van der Waals surface area contributed by atoms with E-state index in [2.05, 4.69) is 6.08 Å². The fourth-order valence-electron chi connectivity index (χ4n) is 4.87. The topological polar surface area (TPSA) is 59.0 Å². The molecule has 2 aliphatic heterocycles. The number of nitrogens with zero attached hydrogens (tertiary/aromatic N) is 1. The second-order valence-electron chi connectivity index (χ2n) is 7.78. The van der Waals surface area contributed by atoms with Gasteiger partial charge in [0.15, 0.2) is 11.5 Å². The van der Waals surface area contributed by atoms with Crippen LogP contribution in [0.4, 0.5) is 0 Å². The van der Waals surface area contributed by atoms with Crippen LogP contribution in [0.25, 0.3) is 0 Å². The number of carbonyl (C=O) groups is 1. The van der Waals surface area contributed by atoms with Gasteiger partial charge in [0.2, 0.25) is 0 Å². The highest BCUT2D eigenvalue weighted by atomic mass is 16.5. The van der Waals surface area contributed by atoms with Gasteiger partial charge in [-0.25, -0.2) is 0 Å². The van der Waals surface area contributed by atoms with E-state index in [1.165, 1.54) is 0 Å². The Morgan fingerprint density at radius 3 is 2.86 bits per heavy atom. The molecule has 5 rings (SSSR count). The SMILES string of the molecule is COc1ccc2c3c1O[C@H]1C[C@@H](O)C=C[C@@]31CCN(C(=O)c1ccccc1)C2. The minimum Gasteiger partial charge on any atom is -0.493 e. The molecule has 1 aliphatic carbocycles. The van der Waals surface area contributed by atoms with Crippen LogP contribution in [-0.2, 0) is 12.0 Å². The third-order valence-electron chi connectivity index (χ3n) is 6.26. The number of hydrogen-bond acceptors (Lipinski definition) is 4. The zero-order valence-electron chi connectivity index (χ0n) is 15.8. The summed E-state index contributed by atoms with van der Waals surface area (Å²) in [6, 6.07) is 13.4. The summed E-state index contributed by atoms with van der Waals surface area (Å²) in [4.78, 5) is 15.0. The Morgan fingerprint density at radius 2 is 2.07 bits per heavy atom. The first-order valence-electron chi connectivity index (χ1n) is 9.71. The summed E-state index contributed by atoms with van der Waals surface area (Å²) in [5.74, 6) is 1.51. The molecule has 1 N–H and O–H groups in total. The van der Waals surface area contributed by atoms with Crippen molar-refractivity contribution in [3.05, 3.63) is 71.3 Å². The average molecular weight is 377 g/mol. The van der Waals surface area contributed by atoms with Crippen LogP contribution in [0.3, 0.4) is 0 Å². The molecule has 5 heteroatoms. The standard InChI is InChI=1S/C23H23NO4/c1-27-18-8-7-16-14-24(22(26)15-5-3-2-4-6-15)12-11-23-10-9-17(25)13-19(23)28-21(18)20(16)23/h2-10,17,19,25H,11-14H2,1H3/t17-,19-,23-/m0/s1. The Labute approximate surface area is 164 Å². The lowest BCUT2D eigenvalue weighted by molar-refractivity contribution is 0.0671. The molecule has 0 unspecified atom stereocenters. The van der Waals surface area contributed by atoms with Gasteiger partial charge in [-0.15, -0.1) is 0 Å². The number of carbonyl (C=O) groups excluding carboxylic acids is 1. The molecule has 0 radical (unpaired) electrons. The van der Waals surface area contributed by atoms with E-state index in [9.17, 15) is 9.90 Å². The fraction of sp³-hybridized carbons (Fsp3) is 0.348. The summed E-state index contributed by atoms with van der Waals surface area (Å²) in [6.45, 7) is 1.17. The van der Waals surface area contributed by atoms with Crippen LogP contribution in [0.5, 0.6) is 11.5 Å². The molecule has 3 aliphatic rings.